The van der Waals surface area contributed by atoms with E-state index < -0.39 is 23.7 Å². The monoisotopic (exact) mass is 619 g/mol. The van der Waals surface area contributed by atoms with E-state index in [1.54, 1.807) is 53.2 Å². The fourth-order valence-electron chi connectivity index (χ4n) is 5.58. The first-order chi connectivity index (χ1) is 21.3. The van der Waals surface area contributed by atoms with Gasteiger partial charge < -0.3 is 24.3 Å². The highest BCUT2D eigenvalue weighted by Crippen LogP contribution is 2.34. The number of ether oxygens (including phenoxy) is 2. The number of esters is 2. The number of hydrogen-bond donors (Lipinski definition) is 2. The lowest BCUT2D eigenvalue weighted by atomic mass is 10.00. The maximum absolute atomic E-state index is 14.0. The fourth-order valence-corrected chi connectivity index (χ4v) is 5.58. The van der Waals surface area contributed by atoms with Gasteiger partial charge in [-0.1, -0.05) is 32.0 Å². The summed E-state index contributed by atoms with van der Waals surface area (Å²) in [7, 11) is 0. The number of benzene rings is 1. The molecule has 3 atom stereocenters. The SMILES string of the molecule is CCOC(=O)c1cn(-c2cncc([C@@H]3CCCN3C(=O)[C@@H](NC(=O)[C@H](C)NCC(=O)OC(C)(C)C)C(C)C)c2)c2ccccc12. The second-order valence-corrected chi connectivity index (χ2v) is 12.7. The van der Waals surface area contributed by atoms with Crippen LogP contribution in [0.1, 0.15) is 83.3 Å². The molecule has 0 unspecified atom stereocenters. The third-order valence-corrected chi connectivity index (χ3v) is 7.75. The lowest BCUT2D eigenvalue weighted by molar-refractivity contribution is -0.153. The summed E-state index contributed by atoms with van der Waals surface area (Å²) in [6, 6.07) is 7.94. The number of amides is 2. The van der Waals surface area contributed by atoms with Crippen molar-refractivity contribution in [2.45, 2.75) is 85.0 Å². The lowest BCUT2D eigenvalue weighted by Crippen LogP contribution is -2.55. The Hall–Kier alpha value is -4.25. The Balaban J connectivity index is 1.52. The highest BCUT2D eigenvalue weighted by atomic mass is 16.6. The average molecular weight is 620 g/mol. The number of nitrogens with zero attached hydrogens (tertiary/aromatic N) is 3. The summed E-state index contributed by atoms with van der Waals surface area (Å²) in [4.78, 5) is 58.2. The van der Waals surface area contributed by atoms with E-state index >= 15 is 0 Å². The Morgan fingerprint density at radius 3 is 2.51 bits per heavy atom. The van der Waals surface area contributed by atoms with Gasteiger partial charge in [0.25, 0.3) is 0 Å². The zero-order valence-electron chi connectivity index (χ0n) is 27.3. The number of nitrogens with one attached hydrogen (secondary N) is 2. The fraction of sp³-hybridized carbons (Fsp3) is 0.500. The number of carbonyl (C=O) groups is 4. The van der Waals surface area contributed by atoms with Crippen LogP contribution in [-0.4, -0.2) is 75.6 Å². The van der Waals surface area contributed by atoms with Gasteiger partial charge in [0.1, 0.15) is 11.6 Å². The van der Waals surface area contributed by atoms with Crippen molar-refractivity contribution in [2.24, 2.45) is 5.92 Å². The Morgan fingerprint density at radius 1 is 1.09 bits per heavy atom. The summed E-state index contributed by atoms with van der Waals surface area (Å²) in [6.45, 7) is 13.3. The highest BCUT2D eigenvalue weighted by molar-refractivity contribution is 6.05. The largest absolute Gasteiger partial charge is 0.462 e. The molecule has 242 valence electrons. The minimum absolute atomic E-state index is 0.123. The third kappa shape index (κ3) is 8.08. The molecule has 4 rings (SSSR count). The van der Waals surface area contributed by atoms with Crippen LogP contribution in [0.25, 0.3) is 16.6 Å². The van der Waals surface area contributed by atoms with E-state index in [9.17, 15) is 19.2 Å². The molecule has 2 amide bonds. The van der Waals surface area contributed by atoms with Crippen molar-refractivity contribution in [3.8, 4) is 5.69 Å². The number of fused-ring (bicyclic) bond motifs is 1. The number of rotatable bonds is 11. The van der Waals surface area contributed by atoms with Gasteiger partial charge in [0, 0.05) is 24.3 Å². The minimum Gasteiger partial charge on any atom is -0.462 e. The average Bonchev–Trinajstić information content (AvgIpc) is 3.63. The van der Waals surface area contributed by atoms with Crippen molar-refractivity contribution >= 4 is 34.7 Å². The molecule has 0 aliphatic carbocycles. The van der Waals surface area contributed by atoms with E-state index in [1.165, 1.54) is 0 Å². The van der Waals surface area contributed by atoms with Crippen LogP contribution >= 0.6 is 0 Å². The number of pyridine rings is 1. The lowest BCUT2D eigenvalue weighted by Gasteiger charge is -2.32. The van der Waals surface area contributed by atoms with Crippen molar-refractivity contribution in [1.82, 2.24) is 25.1 Å². The van der Waals surface area contributed by atoms with Gasteiger partial charge in [-0.05, 0) is 71.1 Å². The maximum Gasteiger partial charge on any atom is 0.340 e. The molecule has 0 radical (unpaired) electrons. The first-order valence-electron chi connectivity index (χ1n) is 15.6. The van der Waals surface area contributed by atoms with Gasteiger partial charge in [0.2, 0.25) is 11.8 Å². The topological polar surface area (TPSA) is 132 Å². The molecular formula is C34H45N5O6. The molecule has 0 saturated carbocycles. The van der Waals surface area contributed by atoms with Crippen molar-refractivity contribution in [3.05, 3.63) is 60.0 Å². The van der Waals surface area contributed by atoms with Crippen LogP contribution in [0, 0.1) is 5.92 Å². The molecule has 3 aromatic rings. The molecule has 11 heteroatoms. The van der Waals surface area contributed by atoms with E-state index in [4.69, 9.17) is 9.47 Å². The summed E-state index contributed by atoms with van der Waals surface area (Å²) >= 11 is 0. The van der Waals surface area contributed by atoms with Crippen LogP contribution in [0.5, 0.6) is 0 Å². The van der Waals surface area contributed by atoms with Crippen molar-refractivity contribution in [2.75, 3.05) is 19.7 Å². The van der Waals surface area contributed by atoms with Crippen molar-refractivity contribution in [1.29, 1.82) is 0 Å². The molecule has 1 aromatic carbocycles. The normalized spacial score (nSPS) is 16.4. The molecule has 1 saturated heterocycles. The maximum atomic E-state index is 14.0. The number of para-hydroxylation sites is 1. The molecule has 1 aliphatic rings. The number of hydrogen-bond acceptors (Lipinski definition) is 8. The Labute approximate surface area is 264 Å². The summed E-state index contributed by atoms with van der Waals surface area (Å²) < 4.78 is 12.5. The standard InChI is InChI=1S/C34H45N5O6/c1-8-44-33(43)26-20-39(28-13-10-9-12-25(26)28)24-16-23(17-35-18-24)27-14-11-15-38(27)32(42)30(21(2)3)37-31(41)22(4)36-19-29(40)45-34(5,6)7/h9-10,12-13,16-18,20-22,27,30,36H,8,11,14-15,19H2,1-7H3,(H,37,41)/t22-,27-,30-/m0/s1. The van der Waals surface area contributed by atoms with Crippen molar-refractivity contribution in [3.63, 3.8) is 0 Å². The molecule has 1 aliphatic heterocycles. The number of likely N-dealkylation sites (tertiary alicyclic amines) is 1. The van der Waals surface area contributed by atoms with Gasteiger partial charge in [0.15, 0.2) is 0 Å². The van der Waals surface area contributed by atoms with E-state index in [2.05, 4.69) is 15.6 Å². The molecular weight excluding hydrogens is 574 g/mol. The summed E-state index contributed by atoms with van der Waals surface area (Å²) in [5.74, 6) is -1.55. The smallest absolute Gasteiger partial charge is 0.340 e. The molecule has 11 nitrogen and oxygen atoms in total. The summed E-state index contributed by atoms with van der Waals surface area (Å²) in [5.41, 5.74) is 2.32. The van der Waals surface area contributed by atoms with Gasteiger partial charge in [-0.25, -0.2) is 4.79 Å². The Morgan fingerprint density at radius 2 is 1.82 bits per heavy atom. The van der Waals surface area contributed by atoms with E-state index in [0.29, 0.717) is 12.1 Å². The molecule has 1 fully saturated rings. The molecule has 2 aromatic heterocycles. The van der Waals surface area contributed by atoms with Crippen LogP contribution in [0.4, 0.5) is 0 Å². The predicted molar refractivity (Wildman–Crippen MR) is 171 cm³/mol. The first kappa shape index (κ1) is 33.6. The Bertz CT molecular complexity index is 1540. The Kier molecular flexibility index (Phi) is 10.6. The molecule has 45 heavy (non-hydrogen) atoms. The van der Waals surface area contributed by atoms with E-state index in [1.807, 2.05) is 53.6 Å². The summed E-state index contributed by atoms with van der Waals surface area (Å²) in [6.07, 6.45) is 6.83. The zero-order chi connectivity index (χ0) is 32.9. The zero-order valence-corrected chi connectivity index (χ0v) is 27.3. The third-order valence-electron chi connectivity index (χ3n) is 7.75. The van der Waals surface area contributed by atoms with Crippen LogP contribution in [-0.2, 0) is 23.9 Å². The summed E-state index contributed by atoms with van der Waals surface area (Å²) in [5, 5.41) is 6.58. The van der Waals surface area contributed by atoms with Gasteiger partial charge >= 0.3 is 11.9 Å². The number of carbonyl (C=O) groups excluding carboxylic acids is 4. The van der Waals surface area contributed by atoms with Gasteiger partial charge in [-0.3, -0.25) is 24.7 Å². The van der Waals surface area contributed by atoms with Crippen LogP contribution in [0.2, 0.25) is 0 Å². The van der Waals surface area contributed by atoms with Crippen LogP contribution < -0.4 is 10.6 Å². The highest BCUT2D eigenvalue weighted by Gasteiger charge is 2.37. The second kappa shape index (κ2) is 14.2. The van der Waals surface area contributed by atoms with Gasteiger partial charge in [-0.15, -0.1) is 0 Å². The predicted octanol–water partition coefficient (Wildman–Crippen LogP) is 4.33. The van der Waals surface area contributed by atoms with E-state index in [-0.39, 0.29) is 42.9 Å². The van der Waals surface area contributed by atoms with Crippen LogP contribution in [0.15, 0.2) is 48.9 Å². The van der Waals surface area contributed by atoms with Gasteiger partial charge in [0.05, 0.1) is 48.2 Å². The quantitative estimate of drug-likeness (QED) is 0.303. The number of aromatic nitrogens is 2. The molecule has 0 bridgehead atoms. The molecule has 3 heterocycles. The van der Waals surface area contributed by atoms with Crippen LogP contribution in [0.3, 0.4) is 0 Å². The van der Waals surface area contributed by atoms with Gasteiger partial charge in [-0.2, -0.15) is 0 Å². The molecule has 2 N–H and O–H groups in total. The minimum atomic E-state index is -0.749. The second-order valence-electron chi connectivity index (χ2n) is 12.7. The molecule has 0 spiro atoms. The van der Waals surface area contributed by atoms with E-state index in [0.717, 1.165) is 35.0 Å². The first-order valence-corrected chi connectivity index (χ1v) is 15.6. The van der Waals surface area contributed by atoms with Crippen molar-refractivity contribution < 1.29 is 28.7 Å².